The Balaban J connectivity index is 1.42. The number of methoxy groups -OCH3 is 1. The second-order valence-corrected chi connectivity index (χ2v) is 10.3. The lowest BCUT2D eigenvalue weighted by molar-refractivity contribution is 0.0464. The Hall–Kier alpha value is -3.70. The lowest BCUT2D eigenvalue weighted by Gasteiger charge is -2.20. The van der Waals surface area contributed by atoms with Crippen LogP contribution in [0.3, 0.4) is 0 Å². The molecule has 0 N–H and O–H groups in total. The zero-order chi connectivity index (χ0) is 23.9. The summed E-state index contributed by atoms with van der Waals surface area (Å²) in [7, 11) is -2.53. The number of hydrogen-bond acceptors (Lipinski definition) is 8. The number of nitrogens with zero attached hydrogens (tertiary/aromatic N) is 3. The van der Waals surface area contributed by atoms with Gasteiger partial charge in [0, 0.05) is 24.2 Å². The molecule has 0 atom stereocenters. The van der Waals surface area contributed by atoms with Crippen LogP contribution in [-0.2, 0) is 27.8 Å². The van der Waals surface area contributed by atoms with Crippen LogP contribution in [0.5, 0.6) is 5.75 Å². The van der Waals surface area contributed by atoms with Crippen LogP contribution in [0.1, 0.15) is 21.6 Å². The topological polar surface area (TPSA) is 107 Å². The standard InChI is InChI=1S/C23H19N3O6S2/c1-31-20-7-6-17(34(29,30)26-9-8-15-4-2-3-5-19(15)26)13-18(20)22(28)32-14-16-12-21(27)25-10-11-33-23(25)24-16/h2-7,10-13H,8-9,14H2,1H3. The van der Waals surface area contributed by atoms with Crippen LogP contribution in [0.4, 0.5) is 5.69 Å². The molecule has 3 heterocycles. The van der Waals surface area contributed by atoms with E-state index in [4.69, 9.17) is 9.47 Å². The van der Waals surface area contributed by atoms with E-state index in [0.29, 0.717) is 23.6 Å². The number of anilines is 1. The highest BCUT2D eigenvalue weighted by Crippen LogP contribution is 2.34. The van der Waals surface area contributed by atoms with E-state index in [1.165, 1.54) is 51.4 Å². The molecule has 0 spiro atoms. The highest BCUT2D eigenvalue weighted by Gasteiger charge is 2.31. The number of aromatic nitrogens is 2. The number of esters is 1. The first-order valence-corrected chi connectivity index (χ1v) is 12.6. The van der Waals surface area contributed by atoms with Crippen molar-refractivity contribution in [1.29, 1.82) is 0 Å². The fraction of sp³-hybridized carbons (Fsp3) is 0.174. The summed E-state index contributed by atoms with van der Waals surface area (Å²) in [6, 6.07) is 12.7. The first-order valence-electron chi connectivity index (χ1n) is 10.3. The molecule has 0 saturated heterocycles. The number of carbonyl (C=O) groups is 1. The van der Waals surface area contributed by atoms with Crippen molar-refractivity contribution in [1.82, 2.24) is 9.38 Å². The summed E-state index contributed by atoms with van der Waals surface area (Å²) in [6.45, 7) is 0.0714. The van der Waals surface area contributed by atoms with Gasteiger partial charge in [-0.25, -0.2) is 18.2 Å². The average Bonchev–Trinajstić information content (AvgIpc) is 3.50. The maximum atomic E-state index is 13.4. The number of ether oxygens (including phenoxy) is 2. The van der Waals surface area contributed by atoms with E-state index in [-0.39, 0.29) is 34.1 Å². The first-order chi connectivity index (χ1) is 16.4. The Morgan fingerprint density at radius 2 is 2.00 bits per heavy atom. The van der Waals surface area contributed by atoms with E-state index < -0.39 is 16.0 Å². The molecule has 34 heavy (non-hydrogen) atoms. The lowest BCUT2D eigenvalue weighted by Crippen LogP contribution is -2.29. The number of hydrogen-bond donors (Lipinski definition) is 0. The zero-order valence-corrected chi connectivity index (χ0v) is 19.6. The summed E-state index contributed by atoms with van der Waals surface area (Å²) in [6.07, 6.45) is 2.22. The van der Waals surface area contributed by atoms with Crippen LogP contribution < -0.4 is 14.6 Å². The number of rotatable bonds is 6. The molecule has 0 radical (unpaired) electrons. The Labute approximate surface area is 198 Å². The third-order valence-corrected chi connectivity index (χ3v) is 8.10. The highest BCUT2D eigenvalue weighted by molar-refractivity contribution is 7.92. The van der Waals surface area contributed by atoms with E-state index >= 15 is 0 Å². The molecule has 0 unspecified atom stereocenters. The molecule has 2 aromatic heterocycles. The van der Waals surface area contributed by atoms with Crippen LogP contribution in [0, 0.1) is 0 Å². The van der Waals surface area contributed by atoms with E-state index in [9.17, 15) is 18.0 Å². The fourth-order valence-corrected chi connectivity index (χ4v) is 6.14. The van der Waals surface area contributed by atoms with Crippen LogP contribution in [0.25, 0.3) is 4.96 Å². The van der Waals surface area contributed by atoms with Gasteiger partial charge in [-0.15, -0.1) is 11.3 Å². The molecule has 174 valence electrons. The van der Waals surface area contributed by atoms with Crippen molar-refractivity contribution in [3.8, 4) is 5.75 Å². The minimum Gasteiger partial charge on any atom is -0.496 e. The normalized spacial score (nSPS) is 13.1. The van der Waals surface area contributed by atoms with Crippen LogP contribution in [-0.4, -0.2) is 37.4 Å². The van der Waals surface area contributed by atoms with Gasteiger partial charge in [0.25, 0.3) is 15.6 Å². The summed E-state index contributed by atoms with van der Waals surface area (Å²) in [5, 5.41) is 1.73. The number of para-hydroxylation sites is 1. The summed E-state index contributed by atoms with van der Waals surface area (Å²) < 4.78 is 40.1. The van der Waals surface area contributed by atoms with Crippen molar-refractivity contribution in [2.45, 2.75) is 17.9 Å². The molecule has 2 aromatic carbocycles. The van der Waals surface area contributed by atoms with Gasteiger partial charge >= 0.3 is 5.97 Å². The van der Waals surface area contributed by atoms with Gasteiger partial charge in [0.2, 0.25) is 0 Å². The van der Waals surface area contributed by atoms with Gasteiger partial charge in [-0.1, -0.05) is 18.2 Å². The minimum absolute atomic E-state index is 0.0371. The zero-order valence-electron chi connectivity index (χ0n) is 18.0. The van der Waals surface area contributed by atoms with E-state index in [1.54, 1.807) is 23.7 Å². The molecule has 0 amide bonds. The van der Waals surface area contributed by atoms with Crippen molar-refractivity contribution >= 4 is 38.0 Å². The molecule has 0 bridgehead atoms. The molecule has 4 aromatic rings. The third-order valence-electron chi connectivity index (χ3n) is 5.53. The molecule has 11 heteroatoms. The minimum atomic E-state index is -3.91. The first kappa shape index (κ1) is 22.1. The Bertz CT molecular complexity index is 1580. The van der Waals surface area contributed by atoms with Crippen LogP contribution in [0.2, 0.25) is 0 Å². The van der Waals surface area contributed by atoms with Gasteiger partial charge in [-0.3, -0.25) is 13.5 Å². The molecule has 5 rings (SSSR count). The molecule has 0 saturated carbocycles. The number of benzene rings is 2. The molecular weight excluding hydrogens is 478 g/mol. The Kier molecular flexibility index (Phi) is 5.58. The second kappa shape index (κ2) is 8.58. The quantitative estimate of drug-likeness (QED) is 0.377. The van der Waals surface area contributed by atoms with Crippen molar-refractivity contribution in [3.05, 3.63) is 87.3 Å². The van der Waals surface area contributed by atoms with Crippen LogP contribution in [0.15, 0.2) is 69.8 Å². The molecule has 0 fully saturated rings. The van der Waals surface area contributed by atoms with E-state index in [1.807, 2.05) is 12.1 Å². The number of thiazole rings is 1. The predicted octanol–water partition coefficient (Wildman–Crippen LogP) is 2.87. The summed E-state index contributed by atoms with van der Waals surface area (Å²) >= 11 is 1.28. The smallest absolute Gasteiger partial charge is 0.342 e. The predicted molar refractivity (Wildman–Crippen MR) is 126 cm³/mol. The molecule has 0 aliphatic carbocycles. The van der Waals surface area contributed by atoms with Gasteiger partial charge < -0.3 is 9.47 Å². The molecule has 9 nitrogen and oxygen atoms in total. The molecular formula is C23H19N3O6S2. The largest absolute Gasteiger partial charge is 0.496 e. The number of sulfonamides is 1. The SMILES string of the molecule is COc1ccc(S(=O)(=O)N2CCc3ccccc32)cc1C(=O)OCc1cc(=O)n2ccsc2n1. The van der Waals surface area contributed by atoms with Gasteiger partial charge in [-0.05, 0) is 36.2 Å². The van der Waals surface area contributed by atoms with Gasteiger partial charge in [0.15, 0.2) is 4.96 Å². The number of fused-ring (bicyclic) bond motifs is 2. The van der Waals surface area contributed by atoms with Crippen molar-refractivity contribution in [3.63, 3.8) is 0 Å². The van der Waals surface area contributed by atoms with Crippen LogP contribution >= 0.6 is 11.3 Å². The summed E-state index contributed by atoms with van der Waals surface area (Å²) in [5.74, 6) is -0.614. The monoisotopic (exact) mass is 497 g/mol. The fourth-order valence-electron chi connectivity index (χ4n) is 3.87. The summed E-state index contributed by atoms with van der Waals surface area (Å²) in [4.78, 5) is 29.8. The third kappa shape index (κ3) is 3.82. The van der Waals surface area contributed by atoms with Gasteiger partial charge in [0.1, 0.15) is 17.9 Å². The summed E-state index contributed by atoms with van der Waals surface area (Å²) in [5.41, 5.74) is 1.55. The van der Waals surface area contributed by atoms with Crippen molar-refractivity contribution in [2.75, 3.05) is 18.0 Å². The Morgan fingerprint density at radius 3 is 2.82 bits per heavy atom. The molecule has 1 aliphatic rings. The highest BCUT2D eigenvalue weighted by atomic mass is 32.2. The average molecular weight is 498 g/mol. The van der Waals surface area contributed by atoms with E-state index in [2.05, 4.69) is 4.98 Å². The second-order valence-electron chi connectivity index (χ2n) is 7.54. The van der Waals surface area contributed by atoms with Crippen molar-refractivity contribution < 1.29 is 22.7 Å². The maximum Gasteiger partial charge on any atom is 0.342 e. The number of carbonyl (C=O) groups excluding carboxylic acids is 1. The molecule has 1 aliphatic heterocycles. The van der Waals surface area contributed by atoms with Gasteiger partial charge in [-0.2, -0.15) is 0 Å². The van der Waals surface area contributed by atoms with Crippen molar-refractivity contribution in [2.24, 2.45) is 0 Å². The lowest BCUT2D eigenvalue weighted by atomic mass is 10.2. The van der Waals surface area contributed by atoms with E-state index in [0.717, 1.165) is 5.56 Å². The maximum absolute atomic E-state index is 13.4. The Morgan fingerprint density at radius 1 is 1.18 bits per heavy atom. The van der Waals surface area contributed by atoms with Gasteiger partial charge in [0.05, 0.1) is 23.4 Å².